The Morgan fingerprint density at radius 1 is 1.64 bits per heavy atom. The molecule has 14 heavy (non-hydrogen) atoms. The number of nitriles is 1. The number of phenols is 1. The van der Waals surface area contributed by atoms with E-state index in [-0.39, 0.29) is 23.5 Å². The second-order valence-electron chi connectivity index (χ2n) is 2.56. The van der Waals surface area contributed by atoms with Gasteiger partial charge in [-0.15, -0.1) is 0 Å². The molecule has 72 valence electrons. The number of hydrogen-bond donors (Lipinski definition) is 1. The summed E-state index contributed by atoms with van der Waals surface area (Å²) in [7, 11) is 0. The van der Waals surface area contributed by atoms with Gasteiger partial charge in [-0.3, -0.25) is 0 Å². The van der Waals surface area contributed by atoms with Crippen LogP contribution >= 0.6 is 0 Å². The molecule has 0 fully saturated rings. The van der Waals surface area contributed by atoms with Gasteiger partial charge in [-0.25, -0.2) is 4.79 Å². The van der Waals surface area contributed by atoms with Crippen LogP contribution in [0, 0.1) is 11.3 Å². The predicted octanol–water partition coefficient (Wildman–Crippen LogP) is 1.44. The fourth-order valence-electron chi connectivity index (χ4n) is 1.01. The van der Waals surface area contributed by atoms with Crippen LogP contribution in [0.5, 0.6) is 5.75 Å². The molecule has 0 radical (unpaired) electrons. The van der Waals surface area contributed by atoms with Crippen molar-refractivity contribution in [2.75, 3.05) is 6.61 Å². The van der Waals surface area contributed by atoms with Crippen LogP contribution < -0.4 is 0 Å². The molecule has 0 amide bonds. The van der Waals surface area contributed by atoms with Crippen molar-refractivity contribution < 1.29 is 14.6 Å². The number of aromatic hydroxyl groups is 1. The lowest BCUT2D eigenvalue weighted by Crippen LogP contribution is -2.06. The van der Waals surface area contributed by atoms with Gasteiger partial charge < -0.3 is 9.84 Å². The van der Waals surface area contributed by atoms with Gasteiger partial charge in [0.25, 0.3) is 0 Å². The van der Waals surface area contributed by atoms with Crippen LogP contribution in [0.2, 0.25) is 0 Å². The third kappa shape index (κ3) is 2.02. The minimum Gasteiger partial charge on any atom is -0.508 e. The van der Waals surface area contributed by atoms with Crippen molar-refractivity contribution in [2.45, 2.75) is 6.92 Å². The van der Waals surface area contributed by atoms with Gasteiger partial charge in [0.05, 0.1) is 17.7 Å². The first kappa shape index (κ1) is 10.1. The van der Waals surface area contributed by atoms with E-state index in [1.165, 1.54) is 18.2 Å². The van der Waals surface area contributed by atoms with E-state index >= 15 is 0 Å². The van der Waals surface area contributed by atoms with Gasteiger partial charge in [-0.2, -0.15) is 5.26 Å². The minimum atomic E-state index is -0.597. The van der Waals surface area contributed by atoms with E-state index in [1.807, 2.05) is 6.07 Å². The smallest absolute Gasteiger partial charge is 0.339 e. The summed E-state index contributed by atoms with van der Waals surface area (Å²) in [6, 6.07) is 5.79. The molecule has 0 aliphatic rings. The van der Waals surface area contributed by atoms with Gasteiger partial charge in [0.15, 0.2) is 0 Å². The van der Waals surface area contributed by atoms with Crippen LogP contribution in [-0.4, -0.2) is 17.7 Å². The Balaban J connectivity index is 3.12. The van der Waals surface area contributed by atoms with E-state index in [2.05, 4.69) is 0 Å². The molecule has 4 nitrogen and oxygen atoms in total. The second kappa shape index (κ2) is 4.28. The minimum absolute atomic E-state index is 0.0629. The number of nitrogens with zero attached hydrogens (tertiary/aromatic N) is 1. The van der Waals surface area contributed by atoms with Gasteiger partial charge in [-0.1, -0.05) is 0 Å². The van der Waals surface area contributed by atoms with Crippen molar-refractivity contribution in [1.82, 2.24) is 0 Å². The lowest BCUT2D eigenvalue weighted by atomic mass is 10.1. The maximum atomic E-state index is 11.3. The lowest BCUT2D eigenvalue weighted by Gasteiger charge is -2.03. The summed E-state index contributed by atoms with van der Waals surface area (Å²) in [6.07, 6.45) is 0. The third-order valence-corrected chi connectivity index (χ3v) is 1.62. The summed E-state index contributed by atoms with van der Waals surface area (Å²) in [5, 5.41) is 17.8. The summed E-state index contributed by atoms with van der Waals surface area (Å²) in [4.78, 5) is 11.3. The number of carbonyl (C=O) groups is 1. The zero-order valence-electron chi connectivity index (χ0n) is 7.65. The molecule has 0 aliphatic heterocycles. The van der Waals surface area contributed by atoms with E-state index < -0.39 is 5.97 Å². The zero-order chi connectivity index (χ0) is 10.6. The fourth-order valence-corrected chi connectivity index (χ4v) is 1.01. The Morgan fingerprint density at radius 2 is 2.36 bits per heavy atom. The Labute approximate surface area is 81.4 Å². The molecule has 0 atom stereocenters. The quantitative estimate of drug-likeness (QED) is 0.718. The topological polar surface area (TPSA) is 70.3 Å². The van der Waals surface area contributed by atoms with E-state index in [0.29, 0.717) is 0 Å². The first-order valence-electron chi connectivity index (χ1n) is 4.09. The average Bonchev–Trinajstić information content (AvgIpc) is 2.18. The van der Waals surface area contributed by atoms with Crippen molar-refractivity contribution >= 4 is 5.97 Å². The number of rotatable bonds is 2. The molecule has 0 aromatic heterocycles. The van der Waals surface area contributed by atoms with Crippen molar-refractivity contribution in [1.29, 1.82) is 5.26 Å². The number of carbonyl (C=O) groups excluding carboxylic acids is 1. The normalized spacial score (nSPS) is 9.14. The molecule has 0 saturated carbocycles. The third-order valence-electron chi connectivity index (χ3n) is 1.62. The molecule has 4 heteroatoms. The van der Waals surface area contributed by atoms with E-state index in [4.69, 9.17) is 15.1 Å². The highest BCUT2D eigenvalue weighted by molar-refractivity contribution is 5.92. The molecule has 1 rings (SSSR count). The summed E-state index contributed by atoms with van der Waals surface area (Å²) in [5.74, 6) is -0.660. The second-order valence-corrected chi connectivity index (χ2v) is 2.56. The van der Waals surface area contributed by atoms with Crippen LogP contribution in [0.4, 0.5) is 0 Å². The molecule has 1 aromatic carbocycles. The van der Waals surface area contributed by atoms with Crippen molar-refractivity contribution in [3.05, 3.63) is 29.3 Å². The Hall–Kier alpha value is -2.02. The molecule has 1 aromatic rings. The molecule has 0 spiro atoms. The van der Waals surface area contributed by atoms with E-state index in [0.717, 1.165) is 0 Å². The Bertz CT molecular complexity index is 393. The van der Waals surface area contributed by atoms with Crippen LogP contribution in [0.25, 0.3) is 0 Å². The molecular formula is C10H9NO3. The van der Waals surface area contributed by atoms with Gasteiger partial charge in [-0.05, 0) is 25.1 Å². The first-order chi connectivity index (χ1) is 6.69. The van der Waals surface area contributed by atoms with Crippen molar-refractivity contribution in [3.8, 4) is 11.8 Å². The van der Waals surface area contributed by atoms with Crippen LogP contribution in [0.15, 0.2) is 18.2 Å². The first-order valence-corrected chi connectivity index (χ1v) is 4.09. The van der Waals surface area contributed by atoms with Crippen LogP contribution in [0.3, 0.4) is 0 Å². The molecule has 1 N–H and O–H groups in total. The van der Waals surface area contributed by atoms with Crippen molar-refractivity contribution in [2.24, 2.45) is 0 Å². The van der Waals surface area contributed by atoms with Gasteiger partial charge in [0, 0.05) is 0 Å². The summed E-state index contributed by atoms with van der Waals surface area (Å²) >= 11 is 0. The lowest BCUT2D eigenvalue weighted by molar-refractivity contribution is 0.0525. The highest BCUT2D eigenvalue weighted by Crippen LogP contribution is 2.16. The predicted molar refractivity (Wildman–Crippen MR) is 48.8 cm³/mol. The maximum absolute atomic E-state index is 11.3. The molecular weight excluding hydrogens is 182 g/mol. The number of esters is 1. The van der Waals surface area contributed by atoms with Gasteiger partial charge in [0.2, 0.25) is 0 Å². The number of hydrogen-bond acceptors (Lipinski definition) is 4. The Morgan fingerprint density at radius 3 is 2.93 bits per heavy atom. The molecule has 0 heterocycles. The van der Waals surface area contributed by atoms with Crippen LogP contribution in [0.1, 0.15) is 22.8 Å². The number of ether oxygens (including phenoxy) is 1. The highest BCUT2D eigenvalue weighted by atomic mass is 16.5. The molecule has 0 bridgehead atoms. The standard InChI is InChI=1S/C10H9NO3/c1-2-14-10(13)9-5-8(12)4-3-7(9)6-11/h3-5,12H,2H2,1H3. The van der Waals surface area contributed by atoms with E-state index in [1.54, 1.807) is 6.92 Å². The zero-order valence-corrected chi connectivity index (χ0v) is 7.65. The summed E-state index contributed by atoms with van der Waals surface area (Å²) < 4.78 is 4.72. The largest absolute Gasteiger partial charge is 0.508 e. The summed E-state index contributed by atoms with van der Waals surface area (Å²) in [5.41, 5.74) is 0.288. The van der Waals surface area contributed by atoms with Gasteiger partial charge in [0.1, 0.15) is 11.8 Å². The number of phenolic OH excluding ortho intramolecular Hbond substituents is 1. The SMILES string of the molecule is CCOC(=O)c1cc(O)ccc1C#N. The maximum Gasteiger partial charge on any atom is 0.339 e. The monoisotopic (exact) mass is 191 g/mol. The van der Waals surface area contributed by atoms with Gasteiger partial charge >= 0.3 is 5.97 Å². The fraction of sp³-hybridized carbons (Fsp3) is 0.200. The highest BCUT2D eigenvalue weighted by Gasteiger charge is 2.12. The Kier molecular flexibility index (Phi) is 3.08. The van der Waals surface area contributed by atoms with Crippen LogP contribution in [-0.2, 0) is 4.74 Å². The molecule has 0 unspecified atom stereocenters. The van der Waals surface area contributed by atoms with E-state index in [9.17, 15) is 4.79 Å². The molecule has 0 aliphatic carbocycles. The van der Waals surface area contributed by atoms with Crippen molar-refractivity contribution in [3.63, 3.8) is 0 Å². The average molecular weight is 191 g/mol. The summed E-state index contributed by atoms with van der Waals surface area (Å²) in [6.45, 7) is 1.91. The number of benzene rings is 1. The molecule has 0 saturated heterocycles.